The van der Waals surface area contributed by atoms with Gasteiger partial charge in [0.05, 0.1) is 5.92 Å². The number of rotatable bonds is 1. The molecule has 3 atom stereocenters. The molecular formula is C10H18O2. The monoisotopic (exact) mass is 170 g/mol. The maximum Gasteiger partial charge on any atom is 0.309 e. The highest BCUT2D eigenvalue weighted by Gasteiger charge is 2.33. The highest BCUT2D eigenvalue weighted by atomic mass is 16.5. The third-order valence-corrected chi connectivity index (χ3v) is 2.84. The van der Waals surface area contributed by atoms with Crippen LogP contribution in [-0.2, 0) is 9.53 Å². The molecule has 1 heterocycles. The SMILES string of the molecule is CC(C)[C@H]1C[C@H](C)[C@H](C)C(=O)O1. The average molecular weight is 170 g/mol. The summed E-state index contributed by atoms with van der Waals surface area (Å²) in [4.78, 5) is 11.3. The molecule has 0 aliphatic carbocycles. The van der Waals surface area contributed by atoms with Crippen LogP contribution in [0.4, 0.5) is 0 Å². The fraction of sp³-hybridized carbons (Fsp3) is 0.900. The normalized spacial score (nSPS) is 36.8. The molecule has 1 aliphatic rings. The van der Waals surface area contributed by atoms with Gasteiger partial charge < -0.3 is 4.74 Å². The van der Waals surface area contributed by atoms with E-state index in [9.17, 15) is 4.79 Å². The lowest BCUT2D eigenvalue weighted by atomic mass is 9.85. The molecule has 0 aromatic rings. The lowest BCUT2D eigenvalue weighted by Gasteiger charge is -2.33. The van der Waals surface area contributed by atoms with Gasteiger partial charge in [-0.1, -0.05) is 27.7 Å². The summed E-state index contributed by atoms with van der Waals surface area (Å²) in [7, 11) is 0. The van der Waals surface area contributed by atoms with Crippen molar-refractivity contribution in [3.8, 4) is 0 Å². The molecule has 2 heteroatoms. The number of cyclic esters (lactones) is 1. The van der Waals surface area contributed by atoms with Crippen LogP contribution >= 0.6 is 0 Å². The molecule has 0 saturated carbocycles. The first kappa shape index (κ1) is 9.56. The molecule has 1 fully saturated rings. The Hall–Kier alpha value is -0.530. The van der Waals surface area contributed by atoms with Crippen molar-refractivity contribution in [2.24, 2.45) is 17.8 Å². The lowest BCUT2D eigenvalue weighted by molar-refractivity contribution is -0.166. The minimum atomic E-state index is -0.0209. The van der Waals surface area contributed by atoms with Crippen LogP contribution in [0, 0.1) is 17.8 Å². The summed E-state index contributed by atoms with van der Waals surface area (Å²) in [6.07, 6.45) is 1.16. The molecule has 0 aromatic carbocycles. The predicted molar refractivity (Wildman–Crippen MR) is 47.7 cm³/mol. The van der Waals surface area contributed by atoms with Crippen molar-refractivity contribution in [2.75, 3.05) is 0 Å². The van der Waals surface area contributed by atoms with E-state index < -0.39 is 0 Å². The van der Waals surface area contributed by atoms with Gasteiger partial charge in [-0.2, -0.15) is 0 Å². The summed E-state index contributed by atoms with van der Waals surface area (Å²) >= 11 is 0. The zero-order valence-electron chi connectivity index (χ0n) is 8.33. The van der Waals surface area contributed by atoms with Crippen molar-refractivity contribution in [1.82, 2.24) is 0 Å². The van der Waals surface area contributed by atoms with E-state index in [1.807, 2.05) is 6.92 Å². The van der Waals surface area contributed by atoms with Gasteiger partial charge in [0.1, 0.15) is 6.10 Å². The number of ether oxygens (including phenoxy) is 1. The number of hydrogen-bond acceptors (Lipinski definition) is 2. The number of hydrogen-bond donors (Lipinski definition) is 0. The Morgan fingerprint density at radius 1 is 1.42 bits per heavy atom. The van der Waals surface area contributed by atoms with Gasteiger partial charge in [-0.15, -0.1) is 0 Å². The second-order valence-corrected chi connectivity index (χ2v) is 4.22. The first-order chi connectivity index (χ1) is 5.52. The van der Waals surface area contributed by atoms with Gasteiger partial charge in [-0.25, -0.2) is 0 Å². The van der Waals surface area contributed by atoms with Crippen LogP contribution in [0.25, 0.3) is 0 Å². The van der Waals surface area contributed by atoms with Crippen molar-refractivity contribution in [2.45, 2.75) is 40.2 Å². The van der Waals surface area contributed by atoms with Gasteiger partial charge in [-0.3, -0.25) is 4.79 Å². The maximum absolute atomic E-state index is 11.3. The Kier molecular flexibility index (Phi) is 2.76. The molecule has 0 unspecified atom stereocenters. The Labute approximate surface area is 74.3 Å². The van der Waals surface area contributed by atoms with E-state index in [2.05, 4.69) is 20.8 Å². The van der Waals surface area contributed by atoms with E-state index in [0.717, 1.165) is 6.42 Å². The first-order valence-corrected chi connectivity index (χ1v) is 4.73. The van der Waals surface area contributed by atoms with Crippen LogP contribution < -0.4 is 0 Å². The second kappa shape index (κ2) is 3.46. The molecule has 1 saturated heterocycles. The van der Waals surface area contributed by atoms with E-state index in [4.69, 9.17) is 4.74 Å². The van der Waals surface area contributed by atoms with Gasteiger partial charge in [0.25, 0.3) is 0 Å². The summed E-state index contributed by atoms with van der Waals surface area (Å²) in [5, 5.41) is 0. The van der Waals surface area contributed by atoms with Gasteiger partial charge in [0.2, 0.25) is 0 Å². The standard InChI is InChI=1S/C10H18O2/c1-6(2)9-5-7(3)8(4)10(11)12-9/h6-9H,5H2,1-4H3/t7-,8-,9+/m0/s1. The van der Waals surface area contributed by atoms with E-state index >= 15 is 0 Å². The van der Waals surface area contributed by atoms with E-state index in [1.54, 1.807) is 0 Å². The topological polar surface area (TPSA) is 26.3 Å². The fourth-order valence-electron chi connectivity index (χ4n) is 1.52. The molecule has 0 amide bonds. The Bertz CT molecular complexity index is 175. The van der Waals surface area contributed by atoms with Crippen molar-refractivity contribution in [3.05, 3.63) is 0 Å². The van der Waals surface area contributed by atoms with Crippen molar-refractivity contribution >= 4 is 5.97 Å². The summed E-state index contributed by atoms with van der Waals surface area (Å²) < 4.78 is 5.29. The fourth-order valence-corrected chi connectivity index (χ4v) is 1.52. The second-order valence-electron chi connectivity index (χ2n) is 4.22. The highest BCUT2D eigenvalue weighted by molar-refractivity contribution is 5.73. The van der Waals surface area contributed by atoms with Crippen LogP contribution in [0.5, 0.6) is 0 Å². The van der Waals surface area contributed by atoms with Crippen LogP contribution in [0.3, 0.4) is 0 Å². The van der Waals surface area contributed by atoms with Crippen molar-refractivity contribution in [1.29, 1.82) is 0 Å². The van der Waals surface area contributed by atoms with Gasteiger partial charge in [0.15, 0.2) is 0 Å². The minimum Gasteiger partial charge on any atom is -0.462 e. The van der Waals surface area contributed by atoms with Crippen LogP contribution in [-0.4, -0.2) is 12.1 Å². The molecular weight excluding hydrogens is 152 g/mol. The van der Waals surface area contributed by atoms with Crippen molar-refractivity contribution in [3.63, 3.8) is 0 Å². The molecule has 0 aromatic heterocycles. The first-order valence-electron chi connectivity index (χ1n) is 4.73. The van der Waals surface area contributed by atoms with Gasteiger partial charge >= 0.3 is 5.97 Å². The van der Waals surface area contributed by atoms with E-state index in [1.165, 1.54) is 0 Å². The third-order valence-electron chi connectivity index (χ3n) is 2.84. The zero-order valence-corrected chi connectivity index (χ0v) is 8.33. The quantitative estimate of drug-likeness (QED) is 0.564. The van der Waals surface area contributed by atoms with Crippen LogP contribution in [0.1, 0.15) is 34.1 Å². The molecule has 0 spiro atoms. The summed E-state index contributed by atoms with van der Waals surface area (Å²) in [5.41, 5.74) is 0. The van der Waals surface area contributed by atoms with Gasteiger partial charge in [-0.05, 0) is 18.3 Å². The Morgan fingerprint density at radius 3 is 2.42 bits per heavy atom. The molecule has 12 heavy (non-hydrogen) atoms. The highest BCUT2D eigenvalue weighted by Crippen LogP contribution is 2.29. The molecule has 0 bridgehead atoms. The minimum absolute atomic E-state index is 0.0209. The molecule has 1 rings (SSSR count). The molecule has 1 aliphatic heterocycles. The lowest BCUT2D eigenvalue weighted by Crippen LogP contribution is -2.37. The summed E-state index contributed by atoms with van der Waals surface area (Å²) in [5.74, 6) is 0.981. The smallest absolute Gasteiger partial charge is 0.309 e. The molecule has 0 radical (unpaired) electrons. The molecule has 2 nitrogen and oxygen atoms in total. The third kappa shape index (κ3) is 1.79. The van der Waals surface area contributed by atoms with E-state index in [-0.39, 0.29) is 18.0 Å². The number of esters is 1. The maximum atomic E-state index is 11.3. The summed E-state index contributed by atoms with van der Waals surface area (Å²) in [6, 6.07) is 0. The Morgan fingerprint density at radius 2 is 2.00 bits per heavy atom. The molecule has 0 N–H and O–H groups in total. The summed E-state index contributed by atoms with van der Waals surface area (Å²) in [6.45, 7) is 8.27. The van der Waals surface area contributed by atoms with E-state index in [0.29, 0.717) is 11.8 Å². The number of carbonyl (C=O) groups is 1. The zero-order chi connectivity index (χ0) is 9.30. The predicted octanol–water partition coefficient (Wildman–Crippen LogP) is 2.23. The number of carbonyl (C=O) groups excluding carboxylic acids is 1. The van der Waals surface area contributed by atoms with Gasteiger partial charge in [0, 0.05) is 0 Å². The average Bonchev–Trinajstić information content (AvgIpc) is 1.99. The largest absolute Gasteiger partial charge is 0.462 e. The van der Waals surface area contributed by atoms with Crippen molar-refractivity contribution < 1.29 is 9.53 Å². The Balaban J connectivity index is 2.59. The van der Waals surface area contributed by atoms with Crippen LogP contribution in [0.15, 0.2) is 0 Å². The van der Waals surface area contributed by atoms with Crippen LogP contribution in [0.2, 0.25) is 0 Å². The molecule has 70 valence electrons.